The summed E-state index contributed by atoms with van der Waals surface area (Å²) in [6, 6.07) is 11.6. The smallest absolute Gasteiger partial charge is 0.296 e. The lowest BCUT2D eigenvalue weighted by molar-refractivity contribution is -0.384. The van der Waals surface area contributed by atoms with Crippen molar-refractivity contribution in [1.82, 2.24) is 0 Å². The second-order valence-corrected chi connectivity index (χ2v) is 4.94. The van der Waals surface area contributed by atoms with Gasteiger partial charge in [-0.1, -0.05) is 25.1 Å². The molecule has 0 spiro atoms. The maximum Gasteiger partial charge on any atom is 0.296 e. The Morgan fingerprint density at radius 3 is 2.67 bits per heavy atom. The zero-order valence-electron chi connectivity index (χ0n) is 13.4. The molecule has 7 nitrogen and oxygen atoms in total. The van der Waals surface area contributed by atoms with Gasteiger partial charge in [-0.3, -0.25) is 14.9 Å². The Balaban J connectivity index is 2.06. The molecule has 0 bridgehead atoms. The Morgan fingerprint density at radius 2 is 2.00 bits per heavy atom. The third-order valence-corrected chi connectivity index (χ3v) is 3.39. The van der Waals surface area contributed by atoms with Crippen LogP contribution >= 0.6 is 0 Å². The summed E-state index contributed by atoms with van der Waals surface area (Å²) in [5.74, 6) is 0.487. The van der Waals surface area contributed by atoms with E-state index in [1.54, 1.807) is 6.07 Å². The molecule has 0 aromatic heterocycles. The van der Waals surface area contributed by atoms with E-state index in [1.807, 2.05) is 25.1 Å². The number of nitrogens with one attached hydrogen (secondary N) is 1. The van der Waals surface area contributed by atoms with Crippen LogP contribution in [0.15, 0.2) is 42.5 Å². The number of methoxy groups -OCH3 is 1. The topological polar surface area (TPSA) is 90.7 Å². The number of anilines is 1. The van der Waals surface area contributed by atoms with Gasteiger partial charge < -0.3 is 14.8 Å². The van der Waals surface area contributed by atoms with Crippen molar-refractivity contribution in [3.63, 3.8) is 0 Å². The zero-order valence-corrected chi connectivity index (χ0v) is 13.4. The maximum absolute atomic E-state index is 12.0. The minimum absolute atomic E-state index is 0.0955. The summed E-state index contributed by atoms with van der Waals surface area (Å²) in [5.41, 5.74) is 0.843. The first-order valence-electron chi connectivity index (χ1n) is 7.38. The molecule has 0 aliphatic heterocycles. The van der Waals surface area contributed by atoms with Crippen molar-refractivity contribution in [3.8, 4) is 11.5 Å². The van der Waals surface area contributed by atoms with Gasteiger partial charge >= 0.3 is 0 Å². The largest absolute Gasteiger partial charge is 0.496 e. The molecule has 0 saturated carbocycles. The minimum atomic E-state index is -0.578. The summed E-state index contributed by atoms with van der Waals surface area (Å²) in [6.07, 6.45) is 0.780. The number of amides is 1. The number of nitro benzene ring substituents is 1. The Bertz CT molecular complexity index is 746. The number of rotatable bonds is 7. The number of hydrogen-bond donors (Lipinski definition) is 1. The number of nitro groups is 1. The SMILES string of the molecule is CCc1ccccc1OCC(=O)Nc1ccc(OC)cc1[N+](=O)[O-]. The van der Waals surface area contributed by atoms with Crippen LogP contribution in [0.1, 0.15) is 12.5 Å². The maximum atomic E-state index is 12.0. The minimum Gasteiger partial charge on any atom is -0.496 e. The fraction of sp³-hybridized carbons (Fsp3) is 0.235. The summed E-state index contributed by atoms with van der Waals surface area (Å²) in [7, 11) is 1.41. The molecule has 0 saturated heterocycles. The molecule has 2 aromatic rings. The summed E-state index contributed by atoms with van der Waals surface area (Å²) in [6.45, 7) is 1.75. The van der Waals surface area contributed by atoms with Gasteiger partial charge in [-0.15, -0.1) is 0 Å². The Labute approximate surface area is 139 Å². The predicted octanol–water partition coefficient (Wildman–Crippen LogP) is 3.18. The van der Waals surface area contributed by atoms with E-state index in [0.717, 1.165) is 12.0 Å². The lowest BCUT2D eigenvalue weighted by Gasteiger charge is -2.11. The van der Waals surface area contributed by atoms with Gasteiger partial charge in [-0.2, -0.15) is 0 Å². The summed E-state index contributed by atoms with van der Waals surface area (Å²) in [5, 5.41) is 13.6. The molecule has 1 N–H and O–H groups in total. The average Bonchev–Trinajstić information content (AvgIpc) is 2.60. The van der Waals surface area contributed by atoms with Gasteiger partial charge in [0.25, 0.3) is 11.6 Å². The fourth-order valence-corrected chi connectivity index (χ4v) is 2.16. The van der Waals surface area contributed by atoms with E-state index in [9.17, 15) is 14.9 Å². The van der Waals surface area contributed by atoms with Crippen LogP contribution in [-0.2, 0) is 11.2 Å². The first kappa shape index (κ1) is 17.3. The molecule has 0 radical (unpaired) electrons. The average molecular weight is 330 g/mol. The van der Waals surface area contributed by atoms with Crippen molar-refractivity contribution in [2.45, 2.75) is 13.3 Å². The second kappa shape index (κ2) is 7.96. The third kappa shape index (κ3) is 4.22. The number of hydrogen-bond acceptors (Lipinski definition) is 5. The molecule has 7 heteroatoms. The Morgan fingerprint density at radius 1 is 1.25 bits per heavy atom. The van der Waals surface area contributed by atoms with Crippen molar-refractivity contribution < 1.29 is 19.2 Å². The monoisotopic (exact) mass is 330 g/mol. The van der Waals surface area contributed by atoms with Crippen molar-refractivity contribution in [1.29, 1.82) is 0 Å². The summed E-state index contributed by atoms with van der Waals surface area (Å²) >= 11 is 0. The Hall–Kier alpha value is -3.09. The zero-order chi connectivity index (χ0) is 17.5. The highest BCUT2D eigenvalue weighted by atomic mass is 16.6. The fourth-order valence-electron chi connectivity index (χ4n) is 2.16. The molecular weight excluding hydrogens is 312 g/mol. The van der Waals surface area contributed by atoms with Crippen LogP contribution < -0.4 is 14.8 Å². The van der Waals surface area contributed by atoms with Crippen LogP contribution in [0.2, 0.25) is 0 Å². The molecule has 0 aliphatic carbocycles. The van der Waals surface area contributed by atoms with Gasteiger partial charge in [-0.25, -0.2) is 0 Å². The molecule has 2 aromatic carbocycles. The third-order valence-electron chi connectivity index (χ3n) is 3.39. The summed E-state index contributed by atoms with van der Waals surface area (Å²) in [4.78, 5) is 22.5. The lowest BCUT2D eigenvalue weighted by atomic mass is 10.1. The molecule has 0 fully saturated rings. The number of para-hydroxylation sites is 1. The van der Waals surface area contributed by atoms with Gasteiger partial charge in [0.15, 0.2) is 6.61 Å². The number of ether oxygens (including phenoxy) is 2. The van der Waals surface area contributed by atoms with E-state index < -0.39 is 10.8 Å². The van der Waals surface area contributed by atoms with E-state index in [2.05, 4.69) is 5.32 Å². The molecular formula is C17H18N2O5. The van der Waals surface area contributed by atoms with Crippen LogP contribution in [0.4, 0.5) is 11.4 Å². The van der Waals surface area contributed by atoms with Crippen LogP contribution in [0.25, 0.3) is 0 Å². The second-order valence-electron chi connectivity index (χ2n) is 4.94. The van der Waals surface area contributed by atoms with E-state index in [-0.39, 0.29) is 18.0 Å². The molecule has 126 valence electrons. The predicted molar refractivity (Wildman–Crippen MR) is 89.6 cm³/mol. The molecule has 0 atom stereocenters. The first-order chi connectivity index (χ1) is 11.5. The lowest BCUT2D eigenvalue weighted by Crippen LogP contribution is -2.21. The Kier molecular flexibility index (Phi) is 5.73. The molecule has 0 unspecified atom stereocenters. The molecule has 0 aliphatic rings. The van der Waals surface area contributed by atoms with Crippen molar-refractivity contribution in [2.75, 3.05) is 19.0 Å². The van der Waals surface area contributed by atoms with Gasteiger partial charge in [0, 0.05) is 0 Å². The highest BCUT2D eigenvalue weighted by Gasteiger charge is 2.17. The normalized spacial score (nSPS) is 10.1. The van der Waals surface area contributed by atoms with Crippen molar-refractivity contribution in [3.05, 3.63) is 58.1 Å². The molecule has 2 rings (SSSR count). The van der Waals surface area contributed by atoms with Gasteiger partial charge in [0.1, 0.15) is 17.2 Å². The van der Waals surface area contributed by atoms with Crippen LogP contribution in [-0.4, -0.2) is 24.5 Å². The molecule has 0 heterocycles. The molecule has 24 heavy (non-hydrogen) atoms. The van der Waals surface area contributed by atoms with Crippen LogP contribution in [0.3, 0.4) is 0 Å². The molecule has 1 amide bonds. The van der Waals surface area contributed by atoms with Crippen molar-refractivity contribution in [2.24, 2.45) is 0 Å². The van der Waals surface area contributed by atoms with Crippen molar-refractivity contribution >= 4 is 17.3 Å². The number of carbonyl (C=O) groups excluding carboxylic acids is 1. The van der Waals surface area contributed by atoms with Gasteiger partial charge in [0.2, 0.25) is 0 Å². The van der Waals surface area contributed by atoms with E-state index in [1.165, 1.54) is 25.3 Å². The highest BCUT2D eigenvalue weighted by molar-refractivity contribution is 5.94. The number of benzene rings is 2. The van der Waals surface area contributed by atoms with Crippen LogP contribution in [0, 0.1) is 10.1 Å². The van der Waals surface area contributed by atoms with E-state index in [4.69, 9.17) is 9.47 Å². The van der Waals surface area contributed by atoms with E-state index >= 15 is 0 Å². The first-order valence-corrected chi connectivity index (χ1v) is 7.38. The van der Waals surface area contributed by atoms with Gasteiger partial charge in [-0.05, 0) is 30.2 Å². The number of carbonyl (C=O) groups is 1. The van der Waals surface area contributed by atoms with E-state index in [0.29, 0.717) is 11.5 Å². The number of aryl methyl sites for hydroxylation is 1. The van der Waals surface area contributed by atoms with Crippen LogP contribution in [0.5, 0.6) is 11.5 Å². The number of nitrogens with zero attached hydrogens (tertiary/aromatic N) is 1. The summed E-state index contributed by atoms with van der Waals surface area (Å²) < 4.78 is 10.5. The standard InChI is InChI=1S/C17H18N2O5/c1-3-12-6-4-5-7-16(12)24-11-17(20)18-14-9-8-13(23-2)10-15(14)19(21)22/h4-10H,3,11H2,1-2H3,(H,18,20). The highest BCUT2D eigenvalue weighted by Crippen LogP contribution is 2.29. The van der Waals surface area contributed by atoms with Gasteiger partial charge in [0.05, 0.1) is 18.1 Å². The quantitative estimate of drug-likeness (QED) is 0.622.